The van der Waals surface area contributed by atoms with Crippen LogP contribution in [-0.2, 0) is 18.4 Å². The lowest BCUT2D eigenvalue weighted by Gasteiger charge is -2.22. The molecule has 0 radical (unpaired) electrons. The van der Waals surface area contributed by atoms with Gasteiger partial charge < -0.3 is 5.11 Å². The maximum Gasteiger partial charge on any atom is 0.0999 e. The lowest BCUT2D eigenvalue weighted by Crippen LogP contribution is -2.22. The van der Waals surface area contributed by atoms with Crippen LogP contribution in [-0.4, -0.2) is 5.11 Å². The maximum atomic E-state index is 10.5. The number of benzene rings is 1. The fourth-order valence-electron chi connectivity index (χ4n) is 1.96. The van der Waals surface area contributed by atoms with E-state index in [4.69, 9.17) is 0 Å². The summed E-state index contributed by atoms with van der Waals surface area (Å²) in [6.45, 7) is 4.03. The Hall–Kier alpha value is -1.12. The van der Waals surface area contributed by atoms with Gasteiger partial charge in [-0.3, -0.25) is 0 Å². The third-order valence-electron chi connectivity index (χ3n) is 3.03. The summed E-state index contributed by atoms with van der Waals surface area (Å²) < 4.78 is 0. The van der Waals surface area contributed by atoms with E-state index in [-0.39, 0.29) is 0 Å². The van der Waals surface area contributed by atoms with Gasteiger partial charge in [0, 0.05) is 11.3 Å². The second-order valence-corrected chi connectivity index (χ2v) is 5.55. The zero-order chi connectivity index (χ0) is 12.3. The summed E-state index contributed by atoms with van der Waals surface area (Å²) in [5, 5.41) is 12.5. The van der Waals surface area contributed by atoms with Crippen molar-refractivity contribution < 1.29 is 5.11 Å². The molecular weight excluding hydrogens is 228 g/mol. The Kier molecular flexibility index (Phi) is 3.65. The summed E-state index contributed by atoms with van der Waals surface area (Å²) in [6.07, 6.45) is 1.72. The van der Waals surface area contributed by atoms with Gasteiger partial charge in [0.15, 0.2) is 0 Å². The van der Waals surface area contributed by atoms with Gasteiger partial charge in [-0.25, -0.2) is 0 Å². The monoisotopic (exact) mass is 246 g/mol. The molecule has 0 aliphatic rings. The van der Waals surface area contributed by atoms with Crippen LogP contribution < -0.4 is 0 Å². The first-order chi connectivity index (χ1) is 8.12. The van der Waals surface area contributed by atoms with Crippen molar-refractivity contribution in [3.8, 4) is 0 Å². The highest BCUT2D eigenvalue weighted by Crippen LogP contribution is 2.28. The average molecular weight is 246 g/mol. The van der Waals surface area contributed by atoms with Gasteiger partial charge in [0.2, 0.25) is 0 Å². The molecule has 0 aliphatic heterocycles. The summed E-state index contributed by atoms with van der Waals surface area (Å²) in [4.78, 5) is 1.03. The minimum absolute atomic E-state index is 0.664. The van der Waals surface area contributed by atoms with E-state index >= 15 is 0 Å². The van der Waals surface area contributed by atoms with E-state index in [1.165, 1.54) is 11.1 Å². The molecule has 1 nitrogen and oxygen atoms in total. The molecule has 90 valence electrons. The molecule has 17 heavy (non-hydrogen) atoms. The van der Waals surface area contributed by atoms with Crippen molar-refractivity contribution in [2.75, 3.05) is 0 Å². The molecule has 2 heteroatoms. The topological polar surface area (TPSA) is 20.2 Å². The molecule has 0 saturated heterocycles. The molecule has 1 atom stereocenters. The van der Waals surface area contributed by atoms with E-state index in [1.54, 1.807) is 11.3 Å². The Balaban J connectivity index is 2.14. The van der Waals surface area contributed by atoms with Crippen molar-refractivity contribution in [1.82, 2.24) is 0 Å². The van der Waals surface area contributed by atoms with Crippen LogP contribution in [0.1, 0.15) is 29.9 Å². The minimum Gasteiger partial charge on any atom is -0.384 e. The number of aryl methyl sites for hydroxylation is 1. The minimum atomic E-state index is -0.762. The SMILES string of the molecule is CCc1ccc(CC(C)(O)c2cccs2)cc1. The lowest BCUT2D eigenvalue weighted by molar-refractivity contribution is 0.0615. The average Bonchev–Trinajstić information content (AvgIpc) is 2.84. The molecule has 1 N–H and O–H groups in total. The van der Waals surface area contributed by atoms with Crippen LogP contribution in [0.25, 0.3) is 0 Å². The number of hydrogen-bond acceptors (Lipinski definition) is 2. The highest BCUT2D eigenvalue weighted by molar-refractivity contribution is 7.10. The number of aliphatic hydroxyl groups is 1. The second kappa shape index (κ2) is 5.03. The Morgan fingerprint density at radius 1 is 1.12 bits per heavy atom. The van der Waals surface area contributed by atoms with Crippen molar-refractivity contribution in [1.29, 1.82) is 0 Å². The van der Waals surface area contributed by atoms with Crippen molar-refractivity contribution in [3.05, 3.63) is 57.8 Å². The van der Waals surface area contributed by atoms with Gasteiger partial charge in [0.05, 0.1) is 5.60 Å². The molecule has 0 bridgehead atoms. The van der Waals surface area contributed by atoms with Gasteiger partial charge in [-0.2, -0.15) is 0 Å². The van der Waals surface area contributed by atoms with E-state index in [0.717, 1.165) is 11.3 Å². The standard InChI is InChI=1S/C15H18OS/c1-3-12-6-8-13(9-7-12)11-15(2,16)14-5-4-10-17-14/h4-10,16H,3,11H2,1-2H3. The fraction of sp³-hybridized carbons (Fsp3) is 0.333. The predicted molar refractivity (Wildman–Crippen MR) is 73.4 cm³/mol. The van der Waals surface area contributed by atoms with E-state index < -0.39 is 5.60 Å². The number of rotatable bonds is 4. The van der Waals surface area contributed by atoms with Crippen LogP contribution in [0.2, 0.25) is 0 Å². The van der Waals surface area contributed by atoms with Gasteiger partial charge in [0.25, 0.3) is 0 Å². The van der Waals surface area contributed by atoms with E-state index in [9.17, 15) is 5.11 Å². The summed E-state index contributed by atoms with van der Waals surface area (Å²) >= 11 is 1.61. The Bertz CT molecular complexity index is 454. The highest BCUT2D eigenvalue weighted by atomic mass is 32.1. The molecule has 1 unspecified atom stereocenters. The lowest BCUT2D eigenvalue weighted by atomic mass is 9.94. The molecule has 0 amide bonds. The van der Waals surface area contributed by atoms with Gasteiger partial charge in [-0.15, -0.1) is 11.3 Å². The highest BCUT2D eigenvalue weighted by Gasteiger charge is 2.24. The fourth-order valence-corrected chi connectivity index (χ4v) is 2.75. The molecule has 1 aromatic heterocycles. The molecule has 0 spiro atoms. The molecule has 1 aromatic carbocycles. The van der Waals surface area contributed by atoms with Crippen LogP contribution in [0.4, 0.5) is 0 Å². The normalized spacial score (nSPS) is 14.5. The summed E-state index contributed by atoms with van der Waals surface area (Å²) in [7, 11) is 0. The molecule has 0 saturated carbocycles. The summed E-state index contributed by atoms with van der Waals surface area (Å²) in [6, 6.07) is 12.5. The predicted octanol–water partition coefficient (Wildman–Crippen LogP) is 3.76. The van der Waals surface area contributed by atoms with Gasteiger partial charge in [-0.1, -0.05) is 37.3 Å². The Morgan fingerprint density at radius 2 is 1.76 bits per heavy atom. The molecular formula is C15H18OS. The number of hydrogen-bond donors (Lipinski definition) is 1. The maximum absolute atomic E-state index is 10.5. The molecule has 0 fully saturated rings. The second-order valence-electron chi connectivity index (χ2n) is 4.60. The largest absolute Gasteiger partial charge is 0.384 e. The third kappa shape index (κ3) is 2.96. The van der Waals surface area contributed by atoms with E-state index in [2.05, 4.69) is 31.2 Å². The molecule has 0 aliphatic carbocycles. The summed E-state index contributed by atoms with van der Waals surface area (Å²) in [5.74, 6) is 0. The number of thiophene rings is 1. The first kappa shape index (κ1) is 12.3. The quantitative estimate of drug-likeness (QED) is 0.871. The van der Waals surface area contributed by atoms with E-state index in [1.807, 2.05) is 24.4 Å². The smallest absolute Gasteiger partial charge is 0.0999 e. The van der Waals surface area contributed by atoms with Crippen LogP contribution >= 0.6 is 11.3 Å². The zero-order valence-corrected chi connectivity index (χ0v) is 11.1. The molecule has 2 rings (SSSR count). The molecule has 2 aromatic rings. The van der Waals surface area contributed by atoms with Crippen LogP contribution in [0.3, 0.4) is 0 Å². The van der Waals surface area contributed by atoms with Crippen molar-refractivity contribution in [2.45, 2.75) is 32.3 Å². The first-order valence-electron chi connectivity index (χ1n) is 5.96. The third-order valence-corrected chi connectivity index (χ3v) is 4.15. The van der Waals surface area contributed by atoms with Gasteiger partial charge >= 0.3 is 0 Å². The Labute approximate surface area is 107 Å². The van der Waals surface area contributed by atoms with Crippen LogP contribution in [0.15, 0.2) is 41.8 Å². The van der Waals surface area contributed by atoms with Crippen molar-refractivity contribution >= 4 is 11.3 Å². The molecule has 1 heterocycles. The van der Waals surface area contributed by atoms with Gasteiger partial charge in [-0.05, 0) is 35.9 Å². The van der Waals surface area contributed by atoms with Crippen LogP contribution in [0.5, 0.6) is 0 Å². The summed E-state index contributed by atoms with van der Waals surface area (Å²) in [5.41, 5.74) is 1.76. The zero-order valence-electron chi connectivity index (χ0n) is 10.3. The van der Waals surface area contributed by atoms with Crippen molar-refractivity contribution in [2.24, 2.45) is 0 Å². The first-order valence-corrected chi connectivity index (χ1v) is 6.84. The Morgan fingerprint density at radius 3 is 2.29 bits per heavy atom. The van der Waals surface area contributed by atoms with Crippen molar-refractivity contribution in [3.63, 3.8) is 0 Å². The van der Waals surface area contributed by atoms with Gasteiger partial charge in [0.1, 0.15) is 0 Å². The van der Waals surface area contributed by atoms with Crippen LogP contribution in [0, 0.1) is 0 Å². The van der Waals surface area contributed by atoms with E-state index in [0.29, 0.717) is 6.42 Å².